The average Bonchev–Trinajstić information content (AvgIpc) is 2.14. The van der Waals surface area contributed by atoms with E-state index in [1.165, 1.54) is 0 Å². The Morgan fingerprint density at radius 2 is 2.62 bits per heavy atom. The van der Waals surface area contributed by atoms with E-state index >= 15 is 0 Å². The number of H-pyrrole nitrogens is 1. The molecule has 8 heavy (non-hydrogen) atoms. The van der Waals surface area contributed by atoms with Crippen LogP contribution in [0.15, 0.2) is 6.20 Å². The first-order valence-electron chi connectivity index (χ1n) is 2.49. The lowest BCUT2D eigenvalue weighted by molar-refractivity contribution is 1.06. The first-order valence-corrected chi connectivity index (χ1v) is 2.49. The number of hydrogen-bond acceptors (Lipinski definition) is 1. The molecular formula is C6H8N2. The van der Waals surface area contributed by atoms with E-state index in [2.05, 4.69) is 16.8 Å². The van der Waals surface area contributed by atoms with Crippen LogP contribution in [0.4, 0.5) is 0 Å². The van der Waals surface area contributed by atoms with E-state index in [4.69, 9.17) is 0 Å². The van der Waals surface area contributed by atoms with Gasteiger partial charge in [0.2, 0.25) is 0 Å². The SMILES string of the molecule is C=c1cn[nH]/c1=C/C. The summed E-state index contributed by atoms with van der Waals surface area (Å²) in [5.41, 5.74) is 0. The van der Waals surface area contributed by atoms with Gasteiger partial charge in [0.1, 0.15) is 0 Å². The van der Waals surface area contributed by atoms with Gasteiger partial charge in [-0.05, 0) is 6.92 Å². The molecule has 1 heterocycles. The van der Waals surface area contributed by atoms with E-state index in [9.17, 15) is 0 Å². The summed E-state index contributed by atoms with van der Waals surface area (Å²) in [6.07, 6.45) is 3.64. The Labute approximate surface area is 47.5 Å². The first kappa shape index (κ1) is 5.09. The zero-order valence-electron chi connectivity index (χ0n) is 4.81. The van der Waals surface area contributed by atoms with Crippen molar-refractivity contribution in [2.24, 2.45) is 0 Å². The maximum Gasteiger partial charge on any atom is 0.0601 e. The van der Waals surface area contributed by atoms with Crippen molar-refractivity contribution >= 4 is 12.7 Å². The molecule has 0 unspecified atom stereocenters. The largest absolute Gasteiger partial charge is 0.278 e. The van der Waals surface area contributed by atoms with Gasteiger partial charge in [-0.2, -0.15) is 5.10 Å². The van der Waals surface area contributed by atoms with Crippen LogP contribution in [0.3, 0.4) is 0 Å². The van der Waals surface area contributed by atoms with Gasteiger partial charge in [-0.3, -0.25) is 5.10 Å². The molecule has 2 nitrogen and oxygen atoms in total. The van der Waals surface area contributed by atoms with Crippen LogP contribution in [0.1, 0.15) is 6.92 Å². The van der Waals surface area contributed by atoms with Gasteiger partial charge < -0.3 is 0 Å². The van der Waals surface area contributed by atoms with Gasteiger partial charge in [0, 0.05) is 5.22 Å². The van der Waals surface area contributed by atoms with Crippen LogP contribution in [0.2, 0.25) is 0 Å². The summed E-state index contributed by atoms with van der Waals surface area (Å²) >= 11 is 0. The van der Waals surface area contributed by atoms with Gasteiger partial charge in [-0.15, -0.1) is 0 Å². The fraction of sp³-hybridized carbons (Fsp3) is 0.167. The zero-order valence-corrected chi connectivity index (χ0v) is 4.81. The van der Waals surface area contributed by atoms with Crippen molar-refractivity contribution in [3.8, 4) is 0 Å². The normalized spacial score (nSPS) is 12.4. The Morgan fingerprint density at radius 3 is 2.88 bits per heavy atom. The number of aromatic nitrogens is 2. The van der Waals surface area contributed by atoms with Crippen LogP contribution in [0, 0.1) is 0 Å². The summed E-state index contributed by atoms with van der Waals surface area (Å²) in [5, 5.41) is 8.52. The molecule has 1 N–H and O–H groups in total. The molecule has 0 radical (unpaired) electrons. The Bertz CT molecular complexity index is 258. The molecule has 1 aromatic heterocycles. The van der Waals surface area contributed by atoms with E-state index in [1.807, 2.05) is 13.0 Å². The topological polar surface area (TPSA) is 28.7 Å². The van der Waals surface area contributed by atoms with Crippen LogP contribution in [-0.2, 0) is 0 Å². The monoisotopic (exact) mass is 108 g/mol. The molecule has 0 spiro atoms. The highest BCUT2D eigenvalue weighted by molar-refractivity contribution is 5.16. The molecular weight excluding hydrogens is 100 g/mol. The molecule has 0 saturated carbocycles. The molecule has 0 atom stereocenters. The molecule has 0 bridgehead atoms. The summed E-state index contributed by atoms with van der Waals surface area (Å²) in [6, 6.07) is 0. The highest BCUT2D eigenvalue weighted by atomic mass is 15.1. The Hall–Kier alpha value is -1.05. The Kier molecular flexibility index (Phi) is 1.16. The third kappa shape index (κ3) is 0.644. The fourth-order valence-electron chi connectivity index (χ4n) is 0.571. The third-order valence-electron chi connectivity index (χ3n) is 1.04. The molecule has 0 aliphatic rings. The van der Waals surface area contributed by atoms with E-state index in [0.29, 0.717) is 0 Å². The Balaban J connectivity index is 3.55. The van der Waals surface area contributed by atoms with Crippen LogP contribution in [0.5, 0.6) is 0 Å². The zero-order chi connectivity index (χ0) is 5.98. The van der Waals surface area contributed by atoms with E-state index in [0.717, 1.165) is 10.6 Å². The van der Waals surface area contributed by atoms with Crippen molar-refractivity contribution in [2.75, 3.05) is 0 Å². The van der Waals surface area contributed by atoms with Gasteiger partial charge in [0.15, 0.2) is 0 Å². The van der Waals surface area contributed by atoms with Crippen LogP contribution >= 0.6 is 0 Å². The van der Waals surface area contributed by atoms with E-state index < -0.39 is 0 Å². The van der Waals surface area contributed by atoms with Crippen molar-refractivity contribution in [1.29, 1.82) is 0 Å². The second-order valence-electron chi connectivity index (χ2n) is 1.60. The summed E-state index contributed by atoms with van der Waals surface area (Å²) in [7, 11) is 0. The maximum atomic E-state index is 3.77. The van der Waals surface area contributed by atoms with Crippen LogP contribution in [0.25, 0.3) is 12.7 Å². The molecule has 42 valence electrons. The van der Waals surface area contributed by atoms with E-state index in [1.54, 1.807) is 6.20 Å². The van der Waals surface area contributed by atoms with Gasteiger partial charge in [0.25, 0.3) is 0 Å². The minimum absolute atomic E-state index is 0.951. The number of nitrogens with one attached hydrogen (secondary N) is 1. The second-order valence-corrected chi connectivity index (χ2v) is 1.60. The smallest absolute Gasteiger partial charge is 0.0601 e. The molecule has 0 amide bonds. The maximum absolute atomic E-state index is 3.77. The molecule has 0 saturated heterocycles. The van der Waals surface area contributed by atoms with Gasteiger partial charge in [-0.25, -0.2) is 0 Å². The van der Waals surface area contributed by atoms with Crippen LogP contribution in [-0.4, -0.2) is 10.2 Å². The van der Waals surface area contributed by atoms with Crippen molar-refractivity contribution in [1.82, 2.24) is 10.2 Å². The van der Waals surface area contributed by atoms with Crippen molar-refractivity contribution in [2.45, 2.75) is 6.92 Å². The molecule has 0 aromatic carbocycles. The minimum atomic E-state index is 0.951. The summed E-state index contributed by atoms with van der Waals surface area (Å²) in [5.74, 6) is 0. The average molecular weight is 108 g/mol. The highest BCUT2D eigenvalue weighted by Crippen LogP contribution is 1.51. The number of hydrogen-bond donors (Lipinski definition) is 1. The van der Waals surface area contributed by atoms with Crippen molar-refractivity contribution in [3.05, 3.63) is 16.8 Å². The van der Waals surface area contributed by atoms with E-state index in [-0.39, 0.29) is 0 Å². The van der Waals surface area contributed by atoms with Gasteiger partial charge in [-0.1, -0.05) is 12.7 Å². The van der Waals surface area contributed by atoms with Crippen LogP contribution < -0.4 is 10.6 Å². The third-order valence-corrected chi connectivity index (χ3v) is 1.04. The first-order chi connectivity index (χ1) is 3.84. The molecule has 0 fully saturated rings. The second kappa shape index (κ2) is 1.82. The summed E-state index contributed by atoms with van der Waals surface area (Å²) in [6.45, 7) is 5.67. The fourth-order valence-corrected chi connectivity index (χ4v) is 0.571. The van der Waals surface area contributed by atoms with Crippen molar-refractivity contribution in [3.63, 3.8) is 0 Å². The van der Waals surface area contributed by atoms with Gasteiger partial charge in [0.05, 0.1) is 11.5 Å². The highest BCUT2D eigenvalue weighted by Gasteiger charge is 1.76. The molecule has 0 aliphatic carbocycles. The predicted molar refractivity (Wildman–Crippen MR) is 33.5 cm³/mol. The predicted octanol–water partition coefficient (Wildman–Crippen LogP) is -0.380. The molecule has 2 heteroatoms. The lowest BCUT2D eigenvalue weighted by atomic mass is 10.4. The molecule has 0 aliphatic heterocycles. The summed E-state index contributed by atoms with van der Waals surface area (Å²) < 4.78 is 0. The number of rotatable bonds is 0. The summed E-state index contributed by atoms with van der Waals surface area (Å²) in [4.78, 5) is 0. The quantitative estimate of drug-likeness (QED) is 0.482. The lowest BCUT2D eigenvalue weighted by Gasteiger charge is -1.66. The number of aromatic amines is 1. The van der Waals surface area contributed by atoms with Gasteiger partial charge >= 0.3 is 0 Å². The standard InChI is InChI=1S/C6H8N2/c1-3-6-5(2)4-7-8-6/h3-4,8H,2H2,1H3/b6-3+. The minimum Gasteiger partial charge on any atom is -0.278 e. The Morgan fingerprint density at radius 1 is 1.88 bits per heavy atom. The molecule has 1 rings (SSSR count). The molecule has 1 aromatic rings. The van der Waals surface area contributed by atoms with Crippen molar-refractivity contribution < 1.29 is 0 Å². The number of nitrogens with zero attached hydrogens (tertiary/aromatic N) is 1. The lowest BCUT2D eigenvalue weighted by Crippen LogP contribution is -2.19.